The minimum Gasteiger partial charge on any atom is -0.0619 e. The van der Waals surface area contributed by atoms with Gasteiger partial charge in [0, 0.05) is 16.2 Å². The Morgan fingerprint density at radius 1 is 0.295 bits per heavy atom. The average Bonchev–Trinajstić information content (AvgIpc) is 4.02. The molecule has 0 heterocycles. The molecule has 1 spiro atoms. The van der Waals surface area contributed by atoms with Crippen LogP contribution in [0.4, 0.5) is 0 Å². The second kappa shape index (κ2) is 12.3. The van der Waals surface area contributed by atoms with E-state index in [1.165, 1.54) is 147 Å². The predicted molar refractivity (Wildman–Crippen MR) is 258 cm³/mol. The molecule has 0 aliphatic heterocycles. The molecule has 9 aromatic rings. The molecule has 4 aliphatic carbocycles. The predicted octanol–water partition coefficient (Wildman–Crippen LogP) is 16.4. The maximum absolute atomic E-state index is 2.60. The first-order chi connectivity index (χ1) is 29.7. The summed E-state index contributed by atoms with van der Waals surface area (Å²) in [4.78, 5) is 0. The van der Waals surface area contributed by atoms with Crippen LogP contribution in [0.3, 0.4) is 0 Å². The van der Waals surface area contributed by atoms with Crippen LogP contribution in [0, 0.1) is 0 Å². The van der Waals surface area contributed by atoms with Crippen molar-refractivity contribution in [3.05, 3.63) is 203 Å². The Hall–Kier alpha value is -6.50. The third-order valence-corrected chi connectivity index (χ3v) is 15.8. The summed E-state index contributed by atoms with van der Waals surface area (Å²) in [6, 6.07) is 65.8. The highest BCUT2D eigenvalue weighted by atomic mass is 14.5. The second-order valence-corrected chi connectivity index (χ2v) is 19.5. The smallest absolute Gasteiger partial charge is 0.0215 e. The minimum absolute atomic E-state index is 0.0635. The van der Waals surface area contributed by atoms with Gasteiger partial charge >= 0.3 is 0 Å². The average molecular weight is 781 g/mol. The van der Waals surface area contributed by atoms with Gasteiger partial charge < -0.3 is 0 Å². The highest BCUT2D eigenvalue weighted by molar-refractivity contribution is 6.22. The third kappa shape index (κ3) is 4.66. The molecule has 0 N–H and O–H groups in total. The largest absolute Gasteiger partial charge is 0.0619 e. The topological polar surface area (TPSA) is 0 Å². The van der Waals surface area contributed by atoms with Crippen LogP contribution >= 0.6 is 0 Å². The SMILES string of the molecule is CC1(C)c2ccccc2-c2ccc(-c3ccc4c(-c5ccc6c(c5)C5(CCCC5)c5ccccc5-6)c5ccccc5c(-c5ccc6c(c5)C(C)(C)c5ccccc5-6)c4c3)cc21. The van der Waals surface area contributed by atoms with Gasteiger partial charge in [0.05, 0.1) is 0 Å². The summed E-state index contributed by atoms with van der Waals surface area (Å²) in [5.74, 6) is 0. The highest BCUT2D eigenvalue weighted by Gasteiger charge is 2.45. The molecule has 13 rings (SSSR count). The molecular formula is C61H48. The Kier molecular flexibility index (Phi) is 7.11. The lowest BCUT2D eigenvalue weighted by Gasteiger charge is -2.27. The number of benzene rings is 9. The fraction of sp³-hybridized carbons (Fsp3) is 0.180. The van der Waals surface area contributed by atoms with Crippen LogP contribution in [0.25, 0.3) is 88.3 Å². The van der Waals surface area contributed by atoms with E-state index in [9.17, 15) is 0 Å². The summed E-state index contributed by atoms with van der Waals surface area (Å²) in [5.41, 5.74) is 24.8. The fourth-order valence-corrected chi connectivity index (χ4v) is 12.9. The Morgan fingerprint density at radius 2 is 0.672 bits per heavy atom. The van der Waals surface area contributed by atoms with Crippen molar-refractivity contribution in [1.29, 1.82) is 0 Å². The second-order valence-electron chi connectivity index (χ2n) is 19.5. The molecule has 0 heteroatoms. The van der Waals surface area contributed by atoms with Crippen molar-refractivity contribution in [2.45, 2.75) is 69.6 Å². The Morgan fingerprint density at radius 3 is 1.26 bits per heavy atom. The van der Waals surface area contributed by atoms with Gasteiger partial charge in [-0.2, -0.15) is 0 Å². The van der Waals surface area contributed by atoms with Crippen LogP contribution < -0.4 is 0 Å². The van der Waals surface area contributed by atoms with E-state index in [-0.39, 0.29) is 16.2 Å². The summed E-state index contributed by atoms with van der Waals surface area (Å²) in [5, 5.41) is 5.24. The van der Waals surface area contributed by atoms with E-state index in [1.54, 1.807) is 0 Å². The molecule has 0 unspecified atom stereocenters. The molecule has 0 bridgehead atoms. The molecule has 292 valence electrons. The molecule has 1 saturated carbocycles. The molecule has 0 nitrogen and oxygen atoms in total. The molecule has 0 radical (unpaired) electrons. The van der Waals surface area contributed by atoms with Gasteiger partial charge in [-0.05, 0) is 159 Å². The van der Waals surface area contributed by atoms with Crippen LogP contribution in [0.5, 0.6) is 0 Å². The summed E-state index contributed by atoms with van der Waals surface area (Å²) < 4.78 is 0. The van der Waals surface area contributed by atoms with Gasteiger partial charge in [-0.15, -0.1) is 0 Å². The van der Waals surface area contributed by atoms with E-state index in [0.29, 0.717) is 0 Å². The van der Waals surface area contributed by atoms with Crippen LogP contribution in [-0.2, 0) is 16.2 Å². The normalized spacial score (nSPS) is 16.7. The standard InChI is InChI=1S/C61H48/c1-59(2)51-20-10-7-15-41(51)44-27-23-38(34-54(44)59)37-24-30-49-50(33-37)58(39-25-28-45-42-16-8-11-21-52(42)60(3,4)55(45)35-39)48-19-6-5-18-47(48)57(49)40-26-29-46-43-17-9-12-22-53(43)61(56(46)36-40)31-13-14-32-61/h5-12,15-30,33-36H,13-14,31-32H2,1-4H3. The zero-order valence-corrected chi connectivity index (χ0v) is 35.5. The van der Waals surface area contributed by atoms with Gasteiger partial charge in [0.2, 0.25) is 0 Å². The van der Waals surface area contributed by atoms with Gasteiger partial charge in [0.25, 0.3) is 0 Å². The van der Waals surface area contributed by atoms with Crippen molar-refractivity contribution in [2.24, 2.45) is 0 Å². The van der Waals surface area contributed by atoms with Gasteiger partial charge in [0.1, 0.15) is 0 Å². The summed E-state index contributed by atoms with van der Waals surface area (Å²) in [7, 11) is 0. The van der Waals surface area contributed by atoms with Gasteiger partial charge in [-0.25, -0.2) is 0 Å². The van der Waals surface area contributed by atoms with Gasteiger partial charge in [-0.1, -0.05) is 186 Å². The first-order valence-electron chi connectivity index (χ1n) is 22.5. The quantitative estimate of drug-likeness (QED) is 0.157. The zero-order valence-electron chi connectivity index (χ0n) is 35.5. The summed E-state index contributed by atoms with van der Waals surface area (Å²) in [6.45, 7) is 9.57. The van der Waals surface area contributed by atoms with E-state index < -0.39 is 0 Å². The van der Waals surface area contributed by atoms with Crippen molar-refractivity contribution in [2.75, 3.05) is 0 Å². The first kappa shape index (κ1) is 35.3. The molecule has 0 saturated heterocycles. The molecule has 0 aromatic heterocycles. The van der Waals surface area contributed by atoms with Crippen LogP contribution in [0.2, 0.25) is 0 Å². The lowest BCUT2D eigenvalue weighted by Crippen LogP contribution is -2.20. The number of rotatable bonds is 3. The van der Waals surface area contributed by atoms with Crippen molar-refractivity contribution in [1.82, 2.24) is 0 Å². The van der Waals surface area contributed by atoms with Crippen LogP contribution in [-0.4, -0.2) is 0 Å². The highest BCUT2D eigenvalue weighted by Crippen LogP contribution is 2.58. The Balaban J connectivity index is 1.08. The van der Waals surface area contributed by atoms with E-state index in [0.717, 1.165) is 0 Å². The van der Waals surface area contributed by atoms with Crippen molar-refractivity contribution in [3.63, 3.8) is 0 Å². The summed E-state index contributed by atoms with van der Waals surface area (Å²) in [6.07, 6.45) is 5.03. The molecule has 1 fully saturated rings. The van der Waals surface area contributed by atoms with Crippen LogP contribution in [0.1, 0.15) is 86.8 Å². The molecule has 61 heavy (non-hydrogen) atoms. The molecule has 9 aromatic carbocycles. The van der Waals surface area contributed by atoms with E-state index in [4.69, 9.17) is 0 Å². The first-order valence-corrected chi connectivity index (χ1v) is 22.5. The van der Waals surface area contributed by atoms with Gasteiger partial charge in [0.15, 0.2) is 0 Å². The molecule has 4 aliphatic rings. The maximum Gasteiger partial charge on any atom is 0.0215 e. The van der Waals surface area contributed by atoms with E-state index in [2.05, 4.69) is 198 Å². The zero-order chi connectivity index (χ0) is 40.8. The third-order valence-electron chi connectivity index (χ3n) is 15.8. The van der Waals surface area contributed by atoms with Gasteiger partial charge in [-0.3, -0.25) is 0 Å². The van der Waals surface area contributed by atoms with Crippen molar-refractivity contribution >= 4 is 21.5 Å². The number of fused-ring (bicyclic) bond motifs is 13. The number of hydrogen-bond donors (Lipinski definition) is 0. The van der Waals surface area contributed by atoms with Crippen molar-refractivity contribution in [3.8, 4) is 66.8 Å². The minimum atomic E-state index is -0.0916. The number of hydrogen-bond acceptors (Lipinski definition) is 0. The monoisotopic (exact) mass is 780 g/mol. The van der Waals surface area contributed by atoms with Crippen LogP contribution in [0.15, 0.2) is 170 Å². The lowest BCUT2D eigenvalue weighted by molar-refractivity contribution is 0.550. The van der Waals surface area contributed by atoms with E-state index >= 15 is 0 Å². The molecule has 0 atom stereocenters. The molecular weight excluding hydrogens is 733 g/mol. The maximum atomic E-state index is 2.60. The Bertz CT molecular complexity index is 3360. The van der Waals surface area contributed by atoms with Crippen molar-refractivity contribution < 1.29 is 0 Å². The fourth-order valence-electron chi connectivity index (χ4n) is 12.9. The summed E-state index contributed by atoms with van der Waals surface area (Å²) >= 11 is 0. The lowest BCUT2D eigenvalue weighted by atomic mass is 9.76. The van der Waals surface area contributed by atoms with E-state index in [1.807, 2.05) is 0 Å². The Labute approximate surface area is 359 Å². The molecule has 0 amide bonds.